The zero-order chi connectivity index (χ0) is 13.5. The van der Waals surface area contributed by atoms with Crippen LogP contribution < -0.4 is 10.1 Å². The van der Waals surface area contributed by atoms with Crippen molar-refractivity contribution in [3.63, 3.8) is 0 Å². The van der Waals surface area contributed by atoms with E-state index in [1.54, 1.807) is 0 Å². The van der Waals surface area contributed by atoms with E-state index >= 15 is 0 Å². The summed E-state index contributed by atoms with van der Waals surface area (Å²) in [5.41, 5.74) is 0.414. The van der Waals surface area contributed by atoms with Crippen molar-refractivity contribution in [2.24, 2.45) is 0 Å². The maximum atomic E-state index is 11.3. The average Bonchev–Trinajstić information content (AvgIpc) is 2.34. The van der Waals surface area contributed by atoms with Gasteiger partial charge in [0.15, 0.2) is 6.61 Å². The fraction of sp³-hybridized carbons (Fsp3) is 0.250. The van der Waals surface area contributed by atoms with Gasteiger partial charge in [-0.05, 0) is 12.1 Å². The van der Waals surface area contributed by atoms with E-state index in [1.807, 2.05) is 0 Å². The van der Waals surface area contributed by atoms with Crippen LogP contribution in [0.25, 0.3) is 0 Å². The molecule has 18 heavy (non-hydrogen) atoms. The molecule has 2 N–H and O–H groups in total. The lowest BCUT2D eigenvalue weighted by molar-refractivity contribution is -0.122. The van der Waals surface area contributed by atoms with Gasteiger partial charge in [0.05, 0.1) is 18.2 Å². The number of rotatable bonds is 5. The Morgan fingerprint density at radius 3 is 2.83 bits per heavy atom. The van der Waals surface area contributed by atoms with Gasteiger partial charge in [-0.3, -0.25) is 4.79 Å². The maximum absolute atomic E-state index is 11.3. The van der Waals surface area contributed by atoms with Crippen LogP contribution in [-0.4, -0.2) is 24.2 Å². The molecule has 1 amide bonds. The fourth-order valence-electron chi connectivity index (χ4n) is 1.23. The van der Waals surface area contributed by atoms with E-state index in [9.17, 15) is 4.79 Å². The van der Waals surface area contributed by atoms with Gasteiger partial charge in [0.1, 0.15) is 5.75 Å². The highest BCUT2D eigenvalue weighted by Crippen LogP contribution is 2.32. The Kier molecular flexibility index (Phi) is 5.79. The van der Waals surface area contributed by atoms with E-state index in [0.29, 0.717) is 10.6 Å². The number of carbonyl (C=O) groups excluding carboxylic acids is 1. The highest BCUT2D eigenvalue weighted by molar-refractivity contribution is 6.35. The first-order valence-corrected chi connectivity index (χ1v) is 5.75. The first-order chi connectivity index (χ1) is 8.58. The van der Waals surface area contributed by atoms with Crippen LogP contribution in [0.3, 0.4) is 0 Å². The highest BCUT2D eigenvalue weighted by Gasteiger charge is 2.11. The van der Waals surface area contributed by atoms with Crippen LogP contribution in [0.15, 0.2) is 12.1 Å². The molecule has 1 rings (SSSR count). The van der Waals surface area contributed by atoms with Gasteiger partial charge < -0.3 is 15.2 Å². The van der Waals surface area contributed by atoms with E-state index in [4.69, 9.17) is 39.5 Å². The van der Waals surface area contributed by atoms with Gasteiger partial charge in [0, 0.05) is 10.6 Å². The van der Waals surface area contributed by atoms with E-state index in [0.717, 1.165) is 0 Å². The number of benzene rings is 1. The number of nitrogens with one attached hydrogen (secondary N) is 1. The Balaban J connectivity index is 2.73. The van der Waals surface area contributed by atoms with Gasteiger partial charge in [0.2, 0.25) is 0 Å². The molecule has 0 aliphatic rings. The Morgan fingerprint density at radius 1 is 1.50 bits per heavy atom. The number of hydrogen-bond donors (Lipinski definition) is 2. The van der Waals surface area contributed by atoms with Crippen LogP contribution in [0.2, 0.25) is 10.0 Å². The number of carbonyl (C=O) groups is 1. The van der Waals surface area contributed by atoms with Crippen molar-refractivity contribution >= 4 is 29.1 Å². The minimum atomic E-state index is -0.372. The maximum Gasteiger partial charge on any atom is 0.258 e. The zero-order valence-electron chi connectivity index (χ0n) is 9.37. The molecule has 0 atom stereocenters. The third kappa shape index (κ3) is 4.11. The molecule has 0 heterocycles. The van der Waals surface area contributed by atoms with Crippen molar-refractivity contribution in [1.82, 2.24) is 5.32 Å². The number of terminal acetylenes is 1. The summed E-state index contributed by atoms with van der Waals surface area (Å²) in [5.74, 6) is 2.13. The van der Waals surface area contributed by atoms with Crippen LogP contribution in [0.1, 0.15) is 5.56 Å². The minimum absolute atomic E-state index is 0.128. The Hall–Kier alpha value is -1.41. The molecule has 4 nitrogen and oxygen atoms in total. The van der Waals surface area contributed by atoms with Crippen LogP contribution in [0.4, 0.5) is 0 Å². The van der Waals surface area contributed by atoms with Gasteiger partial charge >= 0.3 is 0 Å². The predicted molar refractivity (Wildman–Crippen MR) is 69.7 cm³/mol. The monoisotopic (exact) mass is 287 g/mol. The van der Waals surface area contributed by atoms with Crippen molar-refractivity contribution in [2.75, 3.05) is 13.2 Å². The summed E-state index contributed by atoms with van der Waals surface area (Å²) in [6, 6.07) is 2.99. The molecule has 0 aromatic heterocycles. The van der Waals surface area contributed by atoms with Crippen molar-refractivity contribution in [1.29, 1.82) is 0 Å². The van der Waals surface area contributed by atoms with Crippen LogP contribution in [0.5, 0.6) is 5.75 Å². The van der Waals surface area contributed by atoms with E-state index in [1.165, 1.54) is 12.1 Å². The quantitative estimate of drug-likeness (QED) is 0.809. The Bertz CT molecular complexity index is 483. The van der Waals surface area contributed by atoms with Crippen LogP contribution in [-0.2, 0) is 11.4 Å². The molecule has 1 aromatic rings. The molecule has 0 unspecified atom stereocenters. The molecular weight excluding hydrogens is 277 g/mol. The van der Waals surface area contributed by atoms with Crippen LogP contribution >= 0.6 is 23.2 Å². The van der Waals surface area contributed by atoms with Crippen molar-refractivity contribution < 1.29 is 14.6 Å². The van der Waals surface area contributed by atoms with Crippen molar-refractivity contribution in [3.05, 3.63) is 27.7 Å². The molecule has 0 aliphatic heterocycles. The average molecular weight is 288 g/mol. The van der Waals surface area contributed by atoms with Crippen molar-refractivity contribution in [2.45, 2.75) is 6.61 Å². The first kappa shape index (κ1) is 14.7. The second kappa shape index (κ2) is 7.12. The molecule has 96 valence electrons. The normalized spacial score (nSPS) is 9.67. The summed E-state index contributed by atoms with van der Waals surface area (Å²) in [5, 5.41) is 12.2. The zero-order valence-corrected chi connectivity index (χ0v) is 10.9. The van der Waals surface area contributed by atoms with Gasteiger partial charge in [-0.15, -0.1) is 6.42 Å². The van der Waals surface area contributed by atoms with E-state index in [2.05, 4.69) is 11.2 Å². The molecule has 0 fully saturated rings. The smallest absolute Gasteiger partial charge is 0.258 e. The highest BCUT2D eigenvalue weighted by atomic mass is 35.5. The number of halogens is 2. The molecule has 0 aliphatic carbocycles. The lowest BCUT2D eigenvalue weighted by atomic mass is 10.2. The fourth-order valence-corrected chi connectivity index (χ4v) is 1.82. The summed E-state index contributed by atoms with van der Waals surface area (Å²) >= 11 is 11.7. The third-order valence-corrected chi connectivity index (χ3v) is 2.49. The number of aliphatic hydroxyl groups excluding tert-OH is 1. The van der Waals surface area contributed by atoms with Crippen molar-refractivity contribution in [3.8, 4) is 18.1 Å². The number of aliphatic hydroxyl groups is 1. The summed E-state index contributed by atoms with van der Waals surface area (Å²) < 4.78 is 5.24. The van der Waals surface area contributed by atoms with Gasteiger partial charge in [-0.1, -0.05) is 29.1 Å². The summed E-state index contributed by atoms with van der Waals surface area (Å²) in [6.45, 7) is -0.402. The second-order valence-electron chi connectivity index (χ2n) is 3.30. The molecule has 0 spiro atoms. The van der Waals surface area contributed by atoms with Gasteiger partial charge in [0.25, 0.3) is 5.91 Å². The largest absolute Gasteiger partial charge is 0.482 e. The molecule has 1 aromatic carbocycles. The topological polar surface area (TPSA) is 58.6 Å². The van der Waals surface area contributed by atoms with E-state index < -0.39 is 0 Å². The van der Waals surface area contributed by atoms with Gasteiger partial charge in [-0.2, -0.15) is 0 Å². The predicted octanol–water partition coefficient (Wildman–Crippen LogP) is 1.61. The SMILES string of the molecule is C#CCNC(=O)COc1c(Cl)cc(Cl)cc1CO. The lowest BCUT2D eigenvalue weighted by Gasteiger charge is -2.12. The lowest BCUT2D eigenvalue weighted by Crippen LogP contribution is -2.29. The second-order valence-corrected chi connectivity index (χ2v) is 4.15. The Labute approximate surface area is 115 Å². The molecule has 0 bridgehead atoms. The summed E-state index contributed by atoms with van der Waals surface area (Å²) in [7, 11) is 0. The number of hydrogen-bond acceptors (Lipinski definition) is 3. The summed E-state index contributed by atoms with van der Waals surface area (Å²) in [6.07, 6.45) is 5.00. The third-order valence-electron chi connectivity index (χ3n) is 1.99. The summed E-state index contributed by atoms with van der Waals surface area (Å²) in [4.78, 5) is 11.3. The molecule has 0 saturated carbocycles. The van der Waals surface area contributed by atoms with Gasteiger partial charge in [-0.25, -0.2) is 0 Å². The number of ether oxygens (including phenoxy) is 1. The van der Waals surface area contributed by atoms with Crippen LogP contribution in [0, 0.1) is 12.3 Å². The molecule has 0 radical (unpaired) electrons. The number of amides is 1. The minimum Gasteiger partial charge on any atom is -0.482 e. The van der Waals surface area contributed by atoms with E-state index in [-0.39, 0.29) is 36.4 Å². The molecule has 6 heteroatoms. The molecular formula is C12H11Cl2NO3. The Morgan fingerprint density at radius 2 is 2.22 bits per heavy atom. The standard InChI is InChI=1S/C12H11Cl2NO3/c1-2-3-15-11(17)7-18-12-8(6-16)4-9(13)5-10(12)14/h1,4-5,16H,3,6-7H2,(H,15,17). The first-order valence-electron chi connectivity index (χ1n) is 5.00. The molecule has 0 saturated heterocycles.